The predicted molar refractivity (Wildman–Crippen MR) is 36.9 cm³/mol. The van der Waals surface area contributed by atoms with E-state index < -0.39 is 17.2 Å². The molecule has 1 aromatic heterocycles. The van der Waals surface area contributed by atoms with Crippen molar-refractivity contribution in [2.75, 3.05) is 0 Å². The molecule has 0 aliphatic carbocycles. The predicted octanol–water partition coefficient (Wildman–Crippen LogP) is -4.10. The standard InChI is InChI=1S/C5H3BrN2O3.Li/c6-2-1-7-4(9)3(8-2)5(10)11;/h1H,(H,7,9)(H,10,11);/q;+1/p-1. The van der Waals surface area contributed by atoms with Crippen LogP contribution in [0.25, 0.3) is 0 Å². The number of nitrogens with zero attached hydrogens (tertiary/aromatic N) is 1. The van der Waals surface area contributed by atoms with Crippen molar-refractivity contribution in [3.63, 3.8) is 0 Å². The smallest absolute Gasteiger partial charge is 0.543 e. The van der Waals surface area contributed by atoms with Crippen LogP contribution in [0.2, 0.25) is 0 Å². The molecule has 7 heteroatoms. The number of carbonyl (C=O) groups is 1. The fraction of sp³-hybridized carbons (Fsp3) is 0. The van der Waals surface area contributed by atoms with E-state index in [2.05, 4.69) is 25.9 Å². The van der Waals surface area contributed by atoms with Gasteiger partial charge in [0.25, 0.3) is 5.56 Å². The van der Waals surface area contributed by atoms with Crippen LogP contribution in [0.3, 0.4) is 0 Å². The molecule has 0 spiro atoms. The van der Waals surface area contributed by atoms with Crippen molar-refractivity contribution in [3.8, 4) is 0 Å². The summed E-state index contributed by atoms with van der Waals surface area (Å²) in [6.07, 6.45) is 1.24. The molecular weight excluding hydrogens is 223 g/mol. The normalized spacial score (nSPS) is 8.75. The summed E-state index contributed by atoms with van der Waals surface area (Å²) >= 11 is 2.89. The van der Waals surface area contributed by atoms with Crippen molar-refractivity contribution in [2.24, 2.45) is 0 Å². The van der Waals surface area contributed by atoms with E-state index in [0.717, 1.165) is 0 Å². The molecule has 0 unspecified atom stereocenters. The first-order valence-electron chi connectivity index (χ1n) is 2.58. The average Bonchev–Trinajstić information content (AvgIpc) is 1.94. The Labute approximate surface area is 87.5 Å². The van der Waals surface area contributed by atoms with E-state index in [1.807, 2.05) is 0 Å². The molecule has 0 atom stereocenters. The Balaban J connectivity index is 0.00000121. The number of carboxylic acids is 1. The van der Waals surface area contributed by atoms with Gasteiger partial charge >= 0.3 is 18.9 Å². The number of nitrogens with one attached hydrogen (secondary N) is 1. The third-order valence-electron chi connectivity index (χ3n) is 0.949. The number of halogens is 1. The zero-order chi connectivity index (χ0) is 8.43. The first-order valence-corrected chi connectivity index (χ1v) is 3.37. The van der Waals surface area contributed by atoms with E-state index in [1.54, 1.807) is 0 Å². The van der Waals surface area contributed by atoms with Crippen molar-refractivity contribution >= 4 is 21.9 Å². The average molecular weight is 225 g/mol. The number of aromatic nitrogens is 2. The maximum atomic E-state index is 10.7. The maximum Gasteiger partial charge on any atom is 1.00 e. The van der Waals surface area contributed by atoms with Gasteiger partial charge in [-0.3, -0.25) is 4.79 Å². The van der Waals surface area contributed by atoms with E-state index in [9.17, 15) is 14.7 Å². The van der Waals surface area contributed by atoms with E-state index >= 15 is 0 Å². The third-order valence-corrected chi connectivity index (χ3v) is 1.36. The monoisotopic (exact) mass is 224 g/mol. The van der Waals surface area contributed by atoms with E-state index in [0.29, 0.717) is 0 Å². The number of rotatable bonds is 1. The Morgan fingerprint density at radius 1 is 1.67 bits per heavy atom. The zero-order valence-corrected chi connectivity index (χ0v) is 7.71. The minimum absolute atomic E-state index is 0. The molecule has 0 aliphatic rings. The van der Waals surface area contributed by atoms with Crippen LogP contribution in [0.15, 0.2) is 15.6 Å². The summed E-state index contributed by atoms with van der Waals surface area (Å²) in [5.74, 6) is -1.59. The van der Waals surface area contributed by atoms with Crippen LogP contribution in [0.5, 0.6) is 0 Å². The largest absolute Gasteiger partial charge is 1.00 e. The van der Waals surface area contributed by atoms with Crippen molar-refractivity contribution in [2.45, 2.75) is 0 Å². The molecule has 12 heavy (non-hydrogen) atoms. The van der Waals surface area contributed by atoms with Crippen LogP contribution in [-0.2, 0) is 0 Å². The Kier molecular flexibility index (Phi) is 4.24. The van der Waals surface area contributed by atoms with E-state index in [4.69, 9.17) is 0 Å². The van der Waals surface area contributed by atoms with Gasteiger partial charge in [0.05, 0.1) is 5.97 Å². The second-order valence-electron chi connectivity index (χ2n) is 1.69. The summed E-state index contributed by atoms with van der Waals surface area (Å²) in [4.78, 5) is 26.4. The van der Waals surface area contributed by atoms with Gasteiger partial charge in [-0.2, -0.15) is 0 Å². The van der Waals surface area contributed by atoms with Crippen LogP contribution in [-0.4, -0.2) is 15.9 Å². The number of carboxylic acid groups (broad SMARTS) is 1. The molecule has 1 heterocycles. The molecule has 0 saturated heterocycles. The van der Waals surface area contributed by atoms with Crippen LogP contribution >= 0.6 is 15.9 Å². The topological polar surface area (TPSA) is 85.9 Å². The number of carbonyl (C=O) groups excluding carboxylic acids is 1. The zero-order valence-electron chi connectivity index (χ0n) is 6.13. The molecule has 1 N–H and O–H groups in total. The quantitative estimate of drug-likeness (QED) is 0.492. The molecule has 0 fully saturated rings. The summed E-state index contributed by atoms with van der Waals surface area (Å²) < 4.78 is 0.247. The number of hydrogen-bond acceptors (Lipinski definition) is 4. The van der Waals surface area contributed by atoms with Gasteiger partial charge in [0.15, 0.2) is 5.69 Å². The van der Waals surface area contributed by atoms with Gasteiger partial charge in [-0.15, -0.1) is 0 Å². The molecule has 58 valence electrons. The van der Waals surface area contributed by atoms with Crippen LogP contribution in [0, 0.1) is 0 Å². The van der Waals surface area contributed by atoms with Crippen molar-refractivity contribution < 1.29 is 28.8 Å². The van der Waals surface area contributed by atoms with Crippen molar-refractivity contribution in [3.05, 3.63) is 26.8 Å². The van der Waals surface area contributed by atoms with Gasteiger partial charge in [0.2, 0.25) is 0 Å². The minimum atomic E-state index is -1.59. The molecule has 0 aromatic carbocycles. The Hall–Kier alpha value is -0.573. The van der Waals surface area contributed by atoms with Gasteiger partial charge < -0.3 is 14.9 Å². The molecule has 0 bridgehead atoms. The van der Waals surface area contributed by atoms with Gasteiger partial charge in [0, 0.05) is 6.20 Å². The SMILES string of the molecule is O=C([O-])c1nc(Br)c[nH]c1=O.[Li+]. The molecular formula is C5H2BrLiN2O3. The van der Waals surface area contributed by atoms with Crippen LogP contribution < -0.4 is 29.5 Å². The first kappa shape index (κ1) is 11.4. The molecule has 1 rings (SSSR count). The molecule has 0 radical (unpaired) electrons. The van der Waals surface area contributed by atoms with Crippen LogP contribution in [0.1, 0.15) is 10.5 Å². The van der Waals surface area contributed by atoms with E-state index in [1.165, 1.54) is 6.20 Å². The Bertz CT molecular complexity index is 351. The molecule has 1 aromatic rings. The first-order chi connectivity index (χ1) is 5.11. The fourth-order valence-electron chi connectivity index (χ4n) is 0.522. The third kappa shape index (κ3) is 2.48. The second-order valence-corrected chi connectivity index (χ2v) is 2.50. The summed E-state index contributed by atoms with van der Waals surface area (Å²) in [6, 6.07) is 0. The minimum Gasteiger partial charge on any atom is -0.543 e. The fourth-order valence-corrected chi connectivity index (χ4v) is 0.813. The summed E-state index contributed by atoms with van der Waals surface area (Å²) in [5, 5.41) is 10.2. The van der Waals surface area contributed by atoms with Gasteiger partial charge in [-0.1, -0.05) is 0 Å². The number of H-pyrrole nitrogens is 1. The second kappa shape index (κ2) is 4.45. The van der Waals surface area contributed by atoms with Crippen molar-refractivity contribution in [1.82, 2.24) is 9.97 Å². The maximum absolute atomic E-state index is 10.7. The number of hydrogen-bond donors (Lipinski definition) is 1. The molecule has 0 saturated carbocycles. The molecule has 0 amide bonds. The van der Waals surface area contributed by atoms with Gasteiger partial charge in [0.1, 0.15) is 4.60 Å². The van der Waals surface area contributed by atoms with Crippen LogP contribution in [0.4, 0.5) is 0 Å². The van der Waals surface area contributed by atoms with E-state index in [-0.39, 0.29) is 23.5 Å². The Morgan fingerprint density at radius 2 is 2.25 bits per heavy atom. The Morgan fingerprint density at radius 3 is 2.67 bits per heavy atom. The summed E-state index contributed by atoms with van der Waals surface area (Å²) in [5.41, 5.74) is -1.40. The van der Waals surface area contributed by atoms with Gasteiger partial charge in [-0.05, 0) is 15.9 Å². The van der Waals surface area contributed by atoms with Crippen molar-refractivity contribution in [1.29, 1.82) is 0 Å². The molecule has 0 aliphatic heterocycles. The number of aromatic amines is 1. The van der Waals surface area contributed by atoms with Gasteiger partial charge in [-0.25, -0.2) is 4.98 Å². The summed E-state index contributed by atoms with van der Waals surface area (Å²) in [7, 11) is 0. The molecule has 5 nitrogen and oxygen atoms in total. The summed E-state index contributed by atoms with van der Waals surface area (Å²) in [6.45, 7) is 0. The number of aromatic carboxylic acids is 1.